The molecule has 0 aliphatic heterocycles. The van der Waals surface area contributed by atoms with Gasteiger partial charge in [0.25, 0.3) is 0 Å². The quantitative estimate of drug-likeness (QED) is 0.431. The topological polar surface area (TPSA) is 37.3 Å². The second kappa shape index (κ2) is 10.2. The minimum absolute atomic E-state index is 0.0487. The highest BCUT2D eigenvalue weighted by atomic mass is 16.3. The second-order valence-electron chi connectivity index (χ2n) is 11.0. The maximum absolute atomic E-state index is 12.7. The summed E-state index contributed by atoms with van der Waals surface area (Å²) in [6.45, 7) is 13.0. The molecule has 0 heterocycles. The Kier molecular flexibility index (Phi) is 8.05. The predicted octanol–water partition coefficient (Wildman–Crippen LogP) is 7.72. The van der Waals surface area contributed by atoms with E-state index in [2.05, 4.69) is 32.6 Å². The van der Waals surface area contributed by atoms with Crippen LogP contribution in [0.5, 0.6) is 0 Å². The molecule has 0 aromatic carbocycles. The molecular weight excluding hydrogens is 380 g/mol. The molecule has 0 spiro atoms. The lowest BCUT2D eigenvalue weighted by molar-refractivity contribution is -0.138. The van der Waals surface area contributed by atoms with Crippen molar-refractivity contribution in [1.82, 2.24) is 0 Å². The molecule has 174 valence electrons. The summed E-state index contributed by atoms with van der Waals surface area (Å²) in [4.78, 5) is 12.7. The average molecular weight is 427 g/mol. The Bertz CT molecular complexity index is 723. The Balaban J connectivity index is 1.67. The number of rotatable bonds is 8. The fraction of sp³-hybridized carbons (Fsp3) is 0.759. The van der Waals surface area contributed by atoms with E-state index in [1.807, 2.05) is 13.8 Å². The van der Waals surface area contributed by atoms with Crippen molar-refractivity contribution in [1.29, 1.82) is 0 Å². The molecule has 2 heteroatoms. The minimum atomic E-state index is -1.11. The van der Waals surface area contributed by atoms with E-state index in [0.29, 0.717) is 42.4 Å². The van der Waals surface area contributed by atoms with E-state index >= 15 is 0 Å². The number of allylic oxidation sites excluding steroid dienone is 5. The molecule has 3 aliphatic rings. The fourth-order valence-electron chi connectivity index (χ4n) is 7.05. The summed E-state index contributed by atoms with van der Waals surface area (Å²) in [7, 11) is 0. The number of hydrogen-bond acceptors (Lipinski definition) is 2. The molecular formula is C29H46O2. The van der Waals surface area contributed by atoms with Crippen LogP contribution in [0.3, 0.4) is 0 Å². The van der Waals surface area contributed by atoms with Crippen LogP contribution in [0.25, 0.3) is 0 Å². The van der Waals surface area contributed by atoms with Gasteiger partial charge in [-0.05, 0) is 106 Å². The van der Waals surface area contributed by atoms with E-state index in [0.717, 1.165) is 6.42 Å². The highest BCUT2D eigenvalue weighted by molar-refractivity contribution is 5.86. The third-order valence-corrected chi connectivity index (χ3v) is 9.37. The van der Waals surface area contributed by atoms with Crippen LogP contribution in [0.1, 0.15) is 111 Å². The number of ketones is 1. The largest absolute Gasteiger partial charge is 0.382 e. The van der Waals surface area contributed by atoms with Crippen molar-refractivity contribution >= 4 is 5.78 Å². The first kappa shape index (κ1) is 24.5. The van der Waals surface area contributed by atoms with Gasteiger partial charge in [0.05, 0.1) is 0 Å². The fourth-order valence-corrected chi connectivity index (χ4v) is 7.05. The number of carbonyl (C=O) groups is 1. The first-order chi connectivity index (χ1) is 14.7. The van der Waals surface area contributed by atoms with Crippen LogP contribution in [0.2, 0.25) is 0 Å². The average Bonchev–Trinajstić information content (AvgIpc) is 3.13. The van der Waals surface area contributed by atoms with Gasteiger partial charge in [-0.2, -0.15) is 0 Å². The van der Waals surface area contributed by atoms with Crippen molar-refractivity contribution in [2.24, 2.45) is 23.2 Å². The van der Waals surface area contributed by atoms with Crippen LogP contribution in [-0.4, -0.2) is 16.5 Å². The van der Waals surface area contributed by atoms with Gasteiger partial charge in [0.15, 0.2) is 5.78 Å². The summed E-state index contributed by atoms with van der Waals surface area (Å²) in [5.41, 5.74) is 3.74. The molecule has 0 amide bonds. The number of carbonyl (C=O) groups excluding carboxylic acids is 1. The first-order valence-corrected chi connectivity index (χ1v) is 13.1. The Morgan fingerprint density at radius 3 is 2.55 bits per heavy atom. The standard InChI is InChI=1S/C29H46O2/c1-6-29(31,7-2)27(30)19-14-22(4)25-17-18-26-24(13-10-20-28(25,26)5)16-15-23-12-9-8-11-21(23)3/h15-16,22,25-26,31H,3,6-14,17-20H2,1-2,4-5H3. The van der Waals surface area contributed by atoms with Crippen molar-refractivity contribution in [3.8, 4) is 0 Å². The number of fused-ring (bicyclic) bond motifs is 1. The van der Waals surface area contributed by atoms with Gasteiger partial charge < -0.3 is 5.11 Å². The molecule has 4 unspecified atom stereocenters. The highest BCUT2D eigenvalue weighted by Gasteiger charge is 2.50. The molecule has 0 radical (unpaired) electrons. The third kappa shape index (κ3) is 5.10. The maximum Gasteiger partial charge on any atom is 0.164 e. The van der Waals surface area contributed by atoms with Crippen molar-refractivity contribution in [3.63, 3.8) is 0 Å². The van der Waals surface area contributed by atoms with Crippen LogP contribution in [0.15, 0.2) is 35.5 Å². The van der Waals surface area contributed by atoms with Gasteiger partial charge in [-0.15, -0.1) is 0 Å². The summed E-state index contributed by atoms with van der Waals surface area (Å²) in [5.74, 6) is 1.96. The van der Waals surface area contributed by atoms with E-state index < -0.39 is 5.60 Å². The van der Waals surface area contributed by atoms with E-state index in [4.69, 9.17) is 0 Å². The van der Waals surface area contributed by atoms with Gasteiger partial charge in [0.1, 0.15) is 5.60 Å². The third-order valence-electron chi connectivity index (χ3n) is 9.37. The maximum atomic E-state index is 12.7. The van der Waals surface area contributed by atoms with Crippen LogP contribution in [-0.2, 0) is 4.79 Å². The summed E-state index contributed by atoms with van der Waals surface area (Å²) < 4.78 is 0. The summed E-state index contributed by atoms with van der Waals surface area (Å²) in [6.07, 6.45) is 18.7. The van der Waals surface area contributed by atoms with Gasteiger partial charge in [-0.1, -0.05) is 57.6 Å². The smallest absolute Gasteiger partial charge is 0.164 e. The van der Waals surface area contributed by atoms with Crippen LogP contribution >= 0.6 is 0 Å². The molecule has 3 fully saturated rings. The number of Topliss-reactive ketones (excluding diaryl/α,β-unsaturated/α-hetero) is 1. The monoisotopic (exact) mass is 426 g/mol. The van der Waals surface area contributed by atoms with Crippen LogP contribution in [0, 0.1) is 23.2 Å². The summed E-state index contributed by atoms with van der Waals surface area (Å²) in [5, 5.41) is 10.6. The lowest BCUT2D eigenvalue weighted by Crippen LogP contribution is -2.38. The van der Waals surface area contributed by atoms with Gasteiger partial charge in [-0.3, -0.25) is 4.79 Å². The molecule has 0 saturated heterocycles. The van der Waals surface area contributed by atoms with Gasteiger partial charge >= 0.3 is 0 Å². The van der Waals surface area contributed by atoms with Crippen molar-refractivity contribution in [2.75, 3.05) is 0 Å². The number of hydrogen-bond donors (Lipinski definition) is 1. The molecule has 1 N–H and O–H groups in total. The predicted molar refractivity (Wildman–Crippen MR) is 131 cm³/mol. The van der Waals surface area contributed by atoms with Crippen molar-refractivity contribution < 1.29 is 9.90 Å². The molecule has 0 aromatic heterocycles. The molecule has 3 saturated carbocycles. The highest BCUT2D eigenvalue weighted by Crippen LogP contribution is 2.60. The Labute approximate surface area is 191 Å². The van der Waals surface area contributed by atoms with E-state index in [1.165, 1.54) is 68.9 Å². The zero-order valence-corrected chi connectivity index (χ0v) is 20.6. The molecule has 3 aliphatic carbocycles. The number of aliphatic hydroxyl groups is 1. The second-order valence-corrected chi connectivity index (χ2v) is 11.0. The Morgan fingerprint density at radius 1 is 1.16 bits per heavy atom. The molecule has 0 bridgehead atoms. The molecule has 31 heavy (non-hydrogen) atoms. The van der Waals surface area contributed by atoms with Crippen molar-refractivity contribution in [3.05, 3.63) is 35.5 Å². The summed E-state index contributed by atoms with van der Waals surface area (Å²) >= 11 is 0. The molecule has 4 atom stereocenters. The van der Waals surface area contributed by atoms with Crippen LogP contribution in [0.4, 0.5) is 0 Å². The van der Waals surface area contributed by atoms with Gasteiger partial charge in [0.2, 0.25) is 0 Å². The van der Waals surface area contributed by atoms with E-state index in [1.54, 1.807) is 5.57 Å². The first-order valence-electron chi connectivity index (χ1n) is 13.1. The SMILES string of the molecule is C=C1CCCCC1=CC=C1CCCC2(C)C1CCC2C(C)CCC(=O)C(O)(CC)CC. The van der Waals surface area contributed by atoms with E-state index in [-0.39, 0.29) is 5.78 Å². The van der Waals surface area contributed by atoms with Crippen LogP contribution < -0.4 is 0 Å². The van der Waals surface area contributed by atoms with E-state index in [9.17, 15) is 9.90 Å². The summed E-state index contributed by atoms with van der Waals surface area (Å²) in [6, 6.07) is 0. The minimum Gasteiger partial charge on any atom is -0.382 e. The van der Waals surface area contributed by atoms with Crippen molar-refractivity contribution in [2.45, 2.75) is 117 Å². The molecule has 2 nitrogen and oxygen atoms in total. The normalized spacial score (nSPS) is 33.0. The van der Waals surface area contributed by atoms with Gasteiger partial charge in [0, 0.05) is 6.42 Å². The molecule has 3 rings (SSSR count). The Morgan fingerprint density at radius 2 is 1.87 bits per heavy atom. The lowest BCUT2D eigenvalue weighted by atomic mass is 9.60. The zero-order valence-electron chi connectivity index (χ0n) is 20.6. The zero-order chi connectivity index (χ0) is 22.6. The Hall–Kier alpha value is -1.15. The molecule has 0 aromatic rings. The lowest BCUT2D eigenvalue weighted by Gasteiger charge is -2.44. The van der Waals surface area contributed by atoms with Gasteiger partial charge in [-0.25, -0.2) is 0 Å².